The Kier molecular flexibility index (Phi) is 6.56. The molecule has 0 amide bonds. The first-order valence-electron chi connectivity index (χ1n) is 9.18. The lowest BCUT2D eigenvalue weighted by atomic mass is 9.91. The van der Waals surface area contributed by atoms with E-state index in [-0.39, 0.29) is 19.1 Å². The number of aromatic nitrogens is 2. The van der Waals surface area contributed by atoms with E-state index >= 15 is 0 Å². The molecule has 2 aromatic rings. The van der Waals surface area contributed by atoms with Crippen LogP contribution in [0.25, 0.3) is 11.0 Å². The Morgan fingerprint density at radius 2 is 2.11 bits per heavy atom. The number of aliphatic hydroxyl groups excluding tert-OH is 3. The van der Waals surface area contributed by atoms with Gasteiger partial charge < -0.3 is 30.5 Å². The second-order valence-electron chi connectivity index (χ2n) is 6.99. The second-order valence-corrected chi connectivity index (χ2v) is 6.99. The summed E-state index contributed by atoms with van der Waals surface area (Å²) in [5.74, 6) is 0.490. The molecule has 0 radical (unpaired) electrons. The zero-order valence-electron chi connectivity index (χ0n) is 15.4. The number of hydrogen-bond donors (Lipinski definition) is 4. The highest BCUT2D eigenvalue weighted by molar-refractivity contribution is 5.78. The Hall–Kier alpha value is -1.84. The molecule has 1 saturated heterocycles. The van der Waals surface area contributed by atoms with Crippen molar-refractivity contribution in [1.82, 2.24) is 9.97 Å². The van der Waals surface area contributed by atoms with Gasteiger partial charge in [0.25, 0.3) is 0 Å². The zero-order valence-corrected chi connectivity index (χ0v) is 15.4. The Labute approximate surface area is 158 Å². The standard InChI is InChI=1S/C19H27N3O5/c1-26-18-5-3-14-19(22-18)11(6-7-21-14)8-15(25)16-4-2-13(20)17(27-16)9-12(24)10-23/h3,5-7,12-13,15-17,23-25H,2,4,8-10,20H2,1H3. The van der Waals surface area contributed by atoms with Crippen LogP contribution in [0.2, 0.25) is 0 Å². The van der Waals surface area contributed by atoms with Crippen LogP contribution in [0, 0.1) is 0 Å². The first-order valence-corrected chi connectivity index (χ1v) is 9.18. The number of rotatable bonds is 7. The highest BCUT2D eigenvalue weighted by Crippen LogP contribution is 2.26. The van der Waals surface area contributed by atoms with E-state index in [1.165, 1.54) is 0 Å². The quantitative estimate of drug-likeness (QED) is 0.537. The number of fused-ring (bicyclic) bond motifs is 1. The van der Waals surface area contributed by atoms with Crippen LogP contribution < -0.4 is 10.5 Å². The molecule has 27 heavy (non-hydrogen) atoms. The number of nitrogens with zero attached hydrogens (tertiary/aromatic N) is 2. The average molecular weight is 377 g/mol. The monoisotopic (exact) mass is 377 g/mol. The summed E-state index contributed by atoms with van der Waals surface area (Å²) in [5, 5.41) is 29.5. The number of ether oxygens (including phenoxy) is 2. The zero-order chi connectivity index (χ0) is 19.4. The van der Waals surface area contributed by atoms with Crippen molar-refractivity contribution in [1.29, 1.82) is 0 Å². The fourth-order valence-corrected chi connectivity index (χ4v) is 3.49. The molecule has 3 rings (SSSR count). The Morgan fingerprint density at radius 1 is 1.30 bits per heavy atom. The van der Waals surface area contributed by atoms with Crippen LogP contribution in [0.5, 0.6) is 5.88 Å². The van der Waals surface area contributed by atoms with Crippen molar-refractivity contribution in [3.63, 3.8) is 0 Å². The van der Waals surface area contributed by atoms with Gasteiger partial charge in [-0.1, -0.05) is 0 Å². The molecule has 0 saturated carbocycles. The van der Waals surface area contributed by atoms with Crippen molar-refractivity contribution in [2.45, 2.75) is 56.1 Å². The van der Waals surface area contributed by atoms with E-state index in [1.807, 2.05) is 12.1 Å². The lowest BCUT2D eigenvalue weighted by molar-refractivity contribution is -0.125. The molecule has 5 unspecified atom stereocenters. The number of aliphatic hydroxyl groups is 3. The summed E-state index contributed by atoms with van der Waals surface area (Å²) in [6.45, 7) is -0.337. The van der Waals surface area contributed by atoms with E-state index in [4.69, 9.17) is 20.3 Å². The predicted molar refractivity (Wildman–Crippen MR) is 99.4 cm³/mol. The average Bonchev–Trinajstić information content (AvgIpc) is 2.69. The Balaban J connectivity index is 1.73. The predicted octanol–water partition coefficient (Wildman–Crippen LogP) is 0.160. The van der Waals surface area contributed by atoms with Crippen molar-refractivity contribution in [3.05, 3.63) is 30.0 Å². The van der Waals surface area contributed by atoms with Gasteiger partial charge in [-0.3, -0.25) is 4.98 Å². The highest BCUT2D eigenvalue weighted by Gasteiger charge is 2.34. The Bertz CT molecular complexity index is 759. The van der Waals surface area contributed by atoms with Gasteiger partial charge in [0.05, 0.1) is 49.2 Å². The van der Waals surface area contributed by atoms with Gasteiger partial charge in [0.1, 0.15) is 0 Å². The van der Waals surface area contributed by atoms with Crippen molar-refractivity contribution in [3.8, 4) is 5.88 Å². The van der Waals surface area contributed by atoms with E-state index < -0.39 is 24.4 Å². The fourth-order valence-electron chi connectivity index (χ4n) is 3.49. The van der Waals surface area contributed by atoms with Gasteiger partial charge in [0, 0.05) is 31.1 Å². The van der Waals surface area contributed by atoms with Crippen molar-refractivity contribution in [2.24, 2.45) is 5.73 Å². The maximum Gasteiger partial charge on any atom is 0.213 e. The lowest BCUT2D eigenvalue weighted by Crippen LogP contribution is -2.49. The third-order valence-corrected chi connectivity index (χ3v) is 5.04. The fraction of sp³-hybridized carbons (Fsp3) is 0.579. The topological polar surface area (TPSA) is 131 Å². The van der Waals surface area contributed by atoms with Crippen LogP contribution in [0.4, 0.5) is 0 Å². The summed E-state index contributed by atoms with van der Waals surface area (Å²) in [7, 11) is 1.55. The van der Waals surface area contributed by atoms with Crippen LogP contribution in [0.3, 0.4) is 0 Å². The van der Waals surface area contributed by atoms with Gasteiger partial charge in [-0.05, 0) is 30.5 Å². The number of nitrogens with two attached hydrogens (primary N) is 1. The molecule has 0 spiro atoms. The molecule has 0 aliphatic carbocycles. The summed E-state index contributed by atoms with van der Waals surface area (Å²) in [6, 6.07) is 5.19. The molecule has 5 atom stereocenters. The molecule has 3 heterocycles. The molecule has 0 aromatic carbocycles. The van der Waals surface area contributed by atoms with Gasteiger partial charge in [0.15, 0.2) is 0 Å². The third kappa shape index (κ3) is 4.72. The van der Waals surface area contributed by atoms with Gasteiger partial charge in [0.2, 0.25) is 5.88 Å². The van der Waals surface area contributed by atoms with Crippen LogP contribution in [-0.2, 0) is 11.2 Å². The number of pyridine rings is 2. The second kappa shape index (κ2) is 8.90. The maximum absolute atomic E-state index is 10.8. The van der Waals surface area contributed by atoms with E-state index in [9.17, 15) is 10.2 Å². The molecular weight excluding hydrogens is 350 g/mol. The van der Waals surface area contributed by atoms with E-state index in [0.717, 1.165) is 11.1 Å². The summed E-state index contributed by atoms with van der Waals surface area (Å²) in [6.07, 6.45) is 1.20. The molecular formula is C19H27N3O5. The summed E-state index contributed by atoms with van der Waals surface area (Å²) in [4.78, 5) is 8.75. The van der Waals surface area contributed by atoms with Crippen molar-refractivity contribution >= 4 is 11.0 Å². The molecule has 8 nitrogen and oxygen atoms in total. The minimum atomic E-state index is -0.877. The van der Waals surface area contributed by atoms with Crippen LogP contribution in [-0.4, -0.2) is 69.5 Å². The van der Waals surface area contributed by atoms with Crippen molar-refractivity contribution in [2.75, 3.05) is 13.7 Å². The highest BCUT2D eigenvalue weighted by atomic mass is 16.5. The van der Waals surface area contributed by atoms with Gasteiger partial charge in [-0.2, -0.15) is 0 Å². The van der Waals surface area contributed by atoms with Gasteiger partial charge in [-0.25, -0.2) is 4.98 Å². The van der Waals surface area contributed by atoms with Crippen LogP contribution in [0.1, 0.15) is 24.8 Å². The first kappa shape index (κ1) is 19.9. The number of methoxy groups -OCH3 is 1. The molecule has 0 bridgehead atoms. The number of hydrogen-bond acceptors (Lipinski definition) is 8. The first-order chi connectivity index (χ1) is 13.0. The van der Waals surface area contributed by atoms with E-state index in [1.54, 1.807) is 19.4 Å². The lowest BCUT2D eigenvalue weighted by Gasteiger charge is -2.37. The van der Waals surface area contributed by atoms with Crippen LogP contribution >= 0.6 is 0 Å². The Morgan fingerprint density at radius 3 is 2.85 bits per heavy atom. The summed E-state index contributed by atoms with van der Waals surface area (Å²) in [5.41, 5.74) is 8.35. The molecule has 1 aliphatic heterocycles. The SMILES string of the molecule is COc1ccc2nccc(CC(O)C3CCC(N)C(CC(O)CO)O3)c2n1. The van der Waals surface area contributed by atoms with E-state index in [0.29, 0.717) is 30.7 Å². The molecule has 8 heteroatoms. The van der Waals surface area contributed by atoms with Gasteiger partial charge in [-0.15, -0.1) is 0 Å². The normalized spacial score (nSPS) is 25.3. The molecule has 2 aromatic heterocycles. The third-order valence-electron chi connectivity index (χ3n) is 5.04. The summed E-state index contributed by atoms with van der Waals surface area (Å²) < 4.78 is 11.1. The van der Waals surface area contributed by atoms with Crippen molar-refractivity contribution < 1.29 is 24.8 Å². The minimum Gasteiger partial charge on any atom is -0.481 e. The molecule has 5 N–H and O–H groups in total. The summed E-state index contributed by atoms with van der Waals surface area (Å²) >= 11 is 0. The minimum absolute atomic E-state index is 0.220. The largest absolute Gasteiger partial charge is 0.481 e. The van der Waals surface area contributed by atoms with Crippen LogP contribution in [0.15, 0.2) is 24.4 Å². The van der Waals surface area contributed by atoms with Gasteiger partial charge >= 0.3 is 0 Å². The molecule has 148 valence electrons. The van der Waals surface area contributed by atoms with E-state index in [2.05, 4.69) is 9.97 Å². The molecule has 1 aliphatic rings. The smallest absolute Gasteiger partial charge is 0.213 e. The maximum atomic E-state index is 10.8. The molecule has 1 fully saturated rings.